The second kappa shape index (κ2) is 5.26. The molecule has 0 atom stereocenters. The van der Waals surface area contributed by atoms with Crippen molar-refractivity contribution in [3.8, 4) is 0 Å². The number of rotatable bonds is 5. The molecule has 0 spiro atoms. The fourth-order valence-electron chi connectivity index (χ4n) is 2.15. The van der Waals surface area contributed by atoms with E-state index in [1.165, 1.54) is 18.2 Å². The number of hydrogen-bond acceptors (Lipinski definition) is 3. The first-order valence-corrected chi connectivity index (χ1v) is 7.97. The van der Waals surface area contributed by atoms with Crippen molar-refractivity contribution in [3.63, 3.8) is 0 Å². The number of alkyl halides is 3. The third-order valence-corrected chi connectivity index (χ3v) is 5.20. The minimum absolute atomic E-state index is 0.254. The Morgan fingerprint density at radius 1 is 1.29 bits per heavy atom. The number of nitrogens with one attached hydrogen (secondary N) is 1. The van der Waals surface area contributed by atoms with Crippen molar-refractivity contribution in [2.75, 3.05) is 0 Å². The van der Waals surface area contributed by atoms with E-state index < -0.39 is 21.7 Å². The lowest BCUT2D eigenvalue weighted by Crippen LogP contribution is -2.47. The average Bonchev–Trinajstić information content (AvgIpc) is 3.17. The van der Waals surface area contributed by atoms with Crippen molar-refractivity contribution in [3.05, 3.63) is 29.3 Å². The molecule has 0 bridgehead atoms. The van der Waals surface area contributed by atoms with Crippen molar-refractivity contribution < 1.29 is 26.7 Å². The predicted molar refractivity (Wildman–Crippen MR) is 70.1 cm³/mol. The third-order valence-electron chi connectivity index (χ3n) is 3.66. The summed E-state index contributed by atoms with van der Waals surface area (Å²) in [5.74, 6) is 0. The van der Waals surface area contributed by atoms with Gasteiger partial charge in [-0.2, -0.15) is 17.9 Å². The molecule has 2 rings (SSSR count). The minimum Gasteiger partial charge on any atom is -0.392 e. The number of aliphatic hydroxyl groups excluding tert-OH is 1. The first kappa shape index (κ1) is 16.3. The van der Waals surface area contributed by atoms with E-state index in [1.807, 2.05) is 6.92 Å². The Bertz CT molecular complexity index is 637. The molecule has 1 aromatic rings. The van der Waals surface area contributed by atoms with Gasteiger partial charge in [0, 0.05) is 0 Å². The molecule has 0 aliphatic heterocycles. The Morgan fingerprint density at radius 2 is 1.90 bits per heavy atom. The first-order chi connectivity index (χ1) is 9.65. The second-order valence-corrected chi connectivity index (χ2v) is 6.81. The maximum atomic E-state index is 12.8. The standard InChI is InChI=1S/C13H16F3NO3S/c1-2-9-3-4-11(7-10(9)8-18)21(19,20)17-12(5-6-12)13(14,15)16/h3-4,7,17-18H,2,5-6,8H2,1H3. The van der Waals surface area contributed by atoms with Crippen LogP contribution in [0.4, 0.5) is 13.2 Å². The molecule has 2 N–H and O–H groups in total. The molecular formula is C13H16F3NO3S. The van der Waals surface area contributed by atoms with Crippen LogP contribution in [0.25, 0.3) is 0 Å². The van der Waals surface area contributed by atoms with E-state index in [0.29, 0.717) is 12.0 Å². The zero-order valence-corrected chi connectivity index (χ0v) is 12.2. The topological polar surface area (TPSA) is 66.4 Å². The van der Waals surface area contributed by atoms with Gasteiger partial charge in [-0.05, 0) is 42.5 Å². The van der Waals surface area contributed by atoms with Gasteiger partial charge >= 0.3 is 6.18 Å². The van der Waals surface area contributed by atoms with Crippen LogP contribution >= 0.6 is 0 Å². The summed E-state index contributed by atoms with van der Waals surface area (Å²) in [5.41, 5.74) is -1.18. The van der Waals surface area contributed by atoms with Crippen LogP contribution in [0, 0.1) is 0 Å². The van der Waals surface area contributed by atoms with Gasteiger partial charge in [-0.3, -0.25) is 0 Å². The maximum Gasteiger partial charge on any atom is 0.407 e. The SMILES string of the molecule is CCc1ccc(S(=O)(=O)NC2(C(F)(F)F)CC2)cc1CO. The molecule has 1 aliphatic carbocycles. The van der Waals surface area contributed by atoms with E-state index in [1.54, 1.807) is 4.72 Å². The van der Waals surface area contributed by atoms with Gasteiger partial charge in [0.1, 0.15) is 5.54 Å². The van der Waals surface area contributed by atoms with Gasteiger partial charge in [0.2, 0.25) is 10.0 Å². The largest absolute Gasteiger partial charge is 0.407 e. The van der Waals surface area contributed by atoms with E-state index >= 15 is 0 Å². The molecular weight excluding hydrogens is 307 g/mol. The highest BCUT2D eigenvalue weighted by atomic mass is 32.2. The Balaban J connectivity index is 2.33. The molecule has 1 aliphatic rings. The van der Waals surface area contributed by atoms with Crippen LogP contribution in [0.2, 0.25) is 0 Å². The molecule has 4 nitrogen and oxygen atoms in total. The highest BCUT2D eigenvalue weighted by molar-refractivity contribution is 7.89. The van der Waals surface area contributed by atoms with Gasteiger partial charge in [-0.1, -0.05) is 13.0 Å². The molecule has 1 aromatic carbocycles. The van der Waals surface area contributed by atoms with E-state index in [4.69, 9.17) is 0 Å². The molecule has 0 unspecified atom stereocenters. The van der Waals surface area contributed by atoms with Crippen molar-refractivity contribution >= 4 is 10.0 Å². The van der Waals surface area contributed by atoms with Gasteiger partial charge in [-0.15, -0.1) is 0 Å². The molecule has 1 saturated carbocycles. The monoisotopic (exact) mass is 323 g/mol. The molecule has 8 heteroatoms. The van der Waals surface area contributed by atoms with E-state index in [2.05, 4.69) is 0 Å². The number of halogens is 3. The van der Waals surface area contributed by atoms with E-state index in [-0.39, 0.29) is 24.3 Å². The van der Waals surface area contributed by atoms with Crippen LogP contribution in [0.5, 0.6) is 0 Å². The normalized spacial score (nSPS) is 17.8. The number of aliphatic hydroxyl groups is 1. The summed E-state index contributed by atoms with van der Waals surface area (Å²) in [5, 5.41) is 9.22. The lowest BCUT2D eigenvalue weighted by Gasteiger charge is -2.21. The molecule has 0 heterocycles. The van der Waals surface area contributed by atoms with Crippen LogP contribution in [-0.2, 0) is 23.1 Å². The lowest BCUT2D eigenvalue weighted by molar-refractivity contribution is -0.160. The lowest BCUT2D eigenvalue weighted by atomic mass is 10.1. The Hall–Kier alpha value is -1.12. The molecule has 1 fully saturated rings. The fraction of sp³-hybridized carbons (Fsp3) is 0.538. The number of hydrogen-bond donors (Lipinski definition) is 2. The van der Waals surface area contributed by atoms with Crippen LogP contribution in [0.15, 0.2) is 23.1 Å². The minimum atomic E-state index is -4.61. The summed E-state index contributed by atoms with van der Waals surface area (Å²) >= 11 is 0. The maximum absolute atomic E-state index is 12.8. The smallest absolute Gasteiger partial charge is 0.392 e. The number of aryl methyl sites for hydroxylation is 1. The zero-order valence-electron chi connectivity index (χ0n) is 11.4. The summed E-state index contributed by atoms with van der Waals surface area (Å²) < 4.78 is 64.5. The van der Waals surface area contributed by atoms with Crippen LogP contribution in [-0.4, -0.2) is 25.2 Å². The zero-order chi connectivity index (χ0) is 15.9. The van der Waals surface area contributed by atoms with Crippen LogP contribution in [0.1, 0.15) is 30.9 Å². The Kier molecular flexibility index (Phi) is 4.07. The van der Waals surface area contributed by atoms with Crippen molar-refractivity contribution in [2.24, 2.45) is 0 Å². The third kappa shape index (κ3) is 3.07. The Morgan fingerprint density at radius 3 is 2.33 bits per heavy atom. The summed E-state index contributed by atoms with van der Waals surface area (Å²) in [7, 11) is -4.28. The summed E-state index contributed by atoms with van der Waals surface area (Å²) in [4.78, 5) is -0.265. The second-order valence-electron chi connectivity index (χ2n) is 5.13. The van der Waals surface area contributed by atoms with Gasteiger partial charge in [0.15, 0.2) is 0 Å². The molecule has 118 valence electrons. The summed E-state index contributed by atoms with van der Waals surface area (Å²) in [6.45, 7) is 1.47. The van der Waals surface area contributed by atoms with E-state index in [9.17, 15) is 26.7 Å². The van der Waals surface area contributed by atoms with Crippen molar-refractivity contribution in [1.82, 2.24) is 4.72 Å². The van der Waals surface area contributed by atoms with Crippen molar-refractivity contribution in [1.29, 1.82) is 0 Å². The van der Waals surface area contributed by atoms with Gasteiger partial charge in [-0.25, -0.2) is 8.42 Å². The molecule has 0 amide bonds. The molecule has 21 heavy (non-hydrogen) atoms. The number of sulfonamides is 1. The molecule has 0 aromatic heterocycles. The van der Waals surface area contributed by atoms with E-state index in [0.717, 1.165) is 5.56 Å². The fourth-order valence-corrected chi connectivity index (χ4v) is 3.64. The van der Waals surface area contributed by atoms with Crippen LogP contribution < -0.4 is 4.72 Å². The predicted octanol–water partition coefficient (Wildman–Crippen LogP) is 2.11. The highest BCUT2D eigenvalue weighted by Crippen LogP contribution is 2.49. The van der Waals surface area contributed by atoms with Gasteiger partial charge in [0.25, 0.3) is 0 Å². The van der Waals surface area contributed by atoms with Crippen molar-refractivity contribution in [2.45, 2.75) is 49.4 Å². The molecule has 0 radical (unpaired) electrons. The Labute approximate surface area is 121 Å². The summed E-state index contributed by atoms with van der Waals surface area (Å²) in [6, 6.07) is 3.98. The van der Waals surface area contributed by atoms with Gasteiger partial charge in [0.05, 0.1) is 11.5 Å². The molecule has 0 saturated heterocycles. The average molecular weight is 323 g/mol. The van der Waals surface area contributed by atoms with Gasteiger partial charge < -0.3 is 5.11 Å². The quantitative estimate of drug-likeness (QED) is 0.872. The highest BCUT2D eigenvalue weighted by Gasteiger charge is 2.65. The number of benzene rings is 1. The summed E-state index contributed by atoms with van der Waals surface area (Å²) in [6.07, 6.45) is -4.52. The van der Waals surface area contributed by atoms with Crippen LogP contribution in [0.3, 0.4) is 0 Å². The first-order valence-electron chi connectivity index (χ1n) is 6.48.